The molecular weight excluding hydrogens is 358 g/mol. The third kappa shape index (κ3) is 2.20. The molecule has 0 saturated carbocycles. The maximum Gasteiger partial charge on any atom is 0.331 e. The molecular formula is C21H19N3O4. The number of benzene rings is 1. The summed E-state index contributed by atoms with van der Waals surface area (Å²) < 4.78 is 16.4. The molecule has 5 rings (SSSR count). The summed E-state index contributed by atoms with van der Waals surface area (Å²) in [5.74, 6) is 0.646. The Morgan fingerprint density at radius 3 is 2.50 bits per heavy atom. The summed E-state index contributed by atoms with van der Waals surface area (Å²) in [6.45, 7) is 1.07. The lowest BCUT2D eigenvalue weighted by Gasteiger charge is -2.26. The highest BCUT2D eigenvalue weighted by Crippen LogP contribution is 2.40. The number of ether oxygens (including phenoxy) is 1. The Morgan fingerprint density at radius 2 is 1.79 bits per heavy atom. The number of furan rings is 1. The van der Waals surface area contributed by atoms with Crippen molar-refractivity contribution >= 4 is 10.9 Å². The Bertz CT molecular complexity index is 1290. The molecule has 7 nitrogen and oxygen atoms in total. The van der Waals surface area contributed by atoms with Crippen molar-refractivity contribution in [2.45, 2.75) is 12.6 Å². The average molecular weight is 377 g/mol. The van der Waals surface area contributed by atoms with E-state index in [4.69, 9.17) is 9.15 Å². The van der Waals surface area contributed by atoms with Gasteiger partial charge in [-0.15, -0.1) is 0 Å². The van der Waals surface area contributed by atoms with E-state index in [0.717, 1.165) is 21.5 Å². The standard InChI is InChI=1S/C21H19N3O4/c1-22-17-15(20(25)23(2)21(22)26)16(13-7-4-3-5-8-13)24-10-12-28-19(18(17)24)14-9-6-11-27-14/h3-9,11,19H,10,12H2,1-2H3/t19-/m0/s1. The lowest BCUT2D eigenvalue weighted by molar-refractivity contribution is 0.0347. The Morgan fingerprint density at radius 1 is 1.00 bits per heavy atom. The third-order valence-corrected chi connectivity index (χ3v) is 5.40. The fraction of sp³-hybridized carbons (Fsp3) is 0.238. The molecule has 1 aliphatic heterocycles. The number of aromatic nitrogens is 3. The van der Waals surface area contributed by atoms with Crippen molar-refractivity contribution in [2.24, 2.45) is 14.1 Å². The van der Waals surface area contributed by atoms with Crippen LogP contribution in [0.2, 0.25) is 0 Å². The number of aryl methyl sites for hydroxylation is 1. The van der Waals surface area contributed by atoms with Gasteiger partial charge in [-0.1, -0.05) is 30.3 Å². The van der Waals surface area contributed by atoms with E-state index in [1.165, 1.54) is 11.6 Å². The predicted molar refractivity (Wildman–Crippen MR) is 104 cm³/mol. The number of fused-ring (bicyclic) bond motifs is 3. The van der Waals surface area contributed by atoms with Gasteiger partial charge in [-0.2, -0.15) is 0 Å². The number of nitrogens with zero attached hydrogens (tertiary/aromatic N) is 3. The van der Waals surface area contributed by atoms with Gasteiger partial charge in [0.1, 0.15) is 5.76 Å². The van der Waals surface area contributed by atoms with E-state index in [9.17, 15) is 9.59 Å². The average Bonchev–Trinajstić information content (AvgIpc) is 3.37. The topological polar surface area (TPSA) is 71.3 Å². The molecule has 4 heterocycles. The molecule has 4 aromatic rings. The van der Waals surface area contributed by atoms with Crippen LogP contribution in [0.25, 0.3) is 22.2 Å². The van der Waals surface area contributed by atoms with Gasteiger partial charge >= 0.3 is 5.69 Å². The van der Waals surface area contributed by atoms with Gasteiger partial charge < -0.3 is 13.7 Å². The van der Waals surface area contributed by atoms with Crippen molar-refractivity contribution in [3.05, 3.63) is 81.0 Å². The van der Waals surface area contributed by atoms with E-state index < -0.39 is 6.10 Å². The first-order valence-corrected chi connectivity index (χ1v) is 9.12. The molecule has 0 amide bonds. The monoisotopic (exact) mass is 377 g/mol. The molecule has 7 heteroatoms. The van der Waals surface area contributed by atoms with Crippen LogP contribution in [-0.4, -0.2) is 20.3 Å². The van der Waals surface area contributed by atoms with Crippen molar-refractivity contribution in [1.29, 1.82) is 0 Å². The fourth-order valence-electron chi connectivity index (χ4n) is 4.13. The highest BCUT2D eigenvalue weighted by Gasteiger charge is 2.34. The minimum absolute atomic E-state index is 0.308. The van der Waals surface area contributed by atoms with E-state index in [1.54, 1.807) is 19.4 Å². The molecule has 0 aliphatic carbocycles. The SMILES string of the molecule is Cn1c(=O)c2c(-c3ccccc3)n3c(c2n(C)c1=O)[C@H](c1ccco1)OCC3. The van der Waals surface area contributed by atoms with E-state index in [2.05, 4.69) is 4.57 Å². The summed E-state index contributed by atoms with van der Waals surface area (Å²) in [5.41, 5.74) is 2.42. The Labute approximate surface area is 160 Å². The number of hydrogen-bond acceptors (Lipinski definition) is 4. The molecule has 28 heavy (non-hydrogen) atoms. The lowest BCUT2D eigenvalue weighted by Crippen LogP contribution is -2.37. The quantitative estimate of drug-likeness (QED) is 0.538. The van der Waals surface area contributed by atoms with Gasteiger partial charge in [0.05, 0.1) is 35.2 Å². The van der Waals surface area contributed by atoms with Crippen LogP contribution < -0.4 is 11.2 Å². The molecule has 1 aliphatic rings. The van der Waals surface area contributed by atoms with Gasteiger partial charge in [0, 0.05) is 20.6 Å². The summed E-state index contributed by atoms with van der Waals surface area (Å²) in [6, 6.07) is 13.4. The van der Waals surface area contributed by atoms with Crippen LogP contribution in [0.3, 0.4) is 0 Å². The zero-order chi connectivity index (χ0) is 19.4. The van der Waals surface area contributed by atoms with Crippen LogP contribution in [0.15, 0.2) is 62.7 Å². The summed E-state index contributed by atoms with van der Waals surface area (Å²) in [6.07, 6.45) is 1.11. The first-order valence-electron chi connectivity index (χ1n) is 9.12. The Hall–Kier alpha value is -3.32. The molecule has 0 spiro atoms. The number of hydrogen-bond donors (Lipinski definition) is 0. The second-order valence-corrected chi connectivity index (χ2v) is 6.95. The first kappa shape index (κ1) is 16.8. The van der Waals surface area contributed by atoms with Crippen LogP contribution in [0.4, 0.5) is 0 Å². The Balaban J connectivity index is 1.99. The highest BCUT2D eigenvalue weighted by molar-refractivity contribution is 5.96. The third-order valence-electron chi connectivity index (χ3n) is 5.40. The molecule has 0 bridgehead atoms. The molecule has 0 saturated heterocycles. The van der Waals surface area contributed by atoms with Crippen molar-refractivity contribution in [3.8, 4) is 11.3 Å². The molecule has 0 fully saturated rings. The molecule has 3 aromatic heterocycles. The highest BCUT2D eigenvalue weighted by atomic mass is 16.5. The summed E-state index contributed by atoms with van der Waals surface area (Å²) in [5, 5.41) is 0.521. The minimum Gasteiger partial charge on any atom is -0.466 e. The van der Waals surface area contributed by atoms with Crippen LogP contribution in [0, 0.1) is 0 Å². The van der Waals surface area contributed by atoms with Crippen molar-refractivity contribution in [3.63, 3.8) is 0 Å². The zero-order valence-electron chi connectivity index (χ0n) is 15.6. The molecule has 0 N–H and O–H groups in total. The maximum atomic E-state index is 13.2. The van der Waals surface area contributed by atoms with Gasteiger partial charge in [-0.3, -0.25) is 13.9 Å². The smallest absolute Gasteiger partial charge is 0.331 e. The van der Waals surface area contributed by atoms with Gasteiger partial charge in [0.25, 0.3) is 5.56 Å². The lowest BCUT2D eigenvalue weighted by atomic mass is 10.1. The normalized spacial score (nSPS) is 16.4. The summed E-state index contributed by atoms with van der Waals surface area (Å²) >= 11 is 0. The van der Waals surface area contributed by atoms with E-state index in [-0.39, 0.29) is 11.2 Å². The van der Waals surface area contributed by atoms with Crippen LogP contribution in [-0.2, 0) is 25.4 Å². The molecule has 1 aromatic carbocycles. The predicted octanol–water partition coefficient (Wildman–Crippen LogP) is 2.42. The largest absolute Gasteiger partial charge is 0.466 e. The summed E-state index contributed by atoms with van der Waals surface area (Å²) in [7, 11) is 3.20. The van der Waals surface area contributed by atoms with Gasteiger partial charge in [0.2, 0.25) is 0 Å². The van der Waals surface area contributed by atoms with Crippen molar-refractivity contribution in [2.75, 3.05) is 6.61 Å². The van der Waals surface area contributed by atoms with Crippen LogP contribution >= 0.6 is 0 Å². The van der Waals surface area contributed by atoms with E-state index in [1.807, 2.05) is 36.4 Å². The van der Waals surface area contributed by atoms with Crippen molar-refractivity contribution < 1.29 is 9.15 Å². The number of rotatable bonds is 2. The van der Waals surface area contributed by atoms with Crippen LogP contribution in [0.5, 0.6) is 0 Å². The van der Waals surface area contributed by atoms with Gasteiger partial charge in [0.15, 0.2) is 6.10 Å². The molecule has 142 valence electrons. The molecule has 1 atom stereocenters. The second kappa shape index (κ2) is 6.10. The first-order chi connectivity index (χ1) is 13.6. The van der Waals surface area contributed by atoms with Crippen LogP contribution in [0.1, 0.15) is 17.6 Å². The fourth-order valence-corrected chi connectivity index (χ4v) is 4.13. The molecule has 0 radical (unpaired) electrons. The van der Waals surface area contributed by atoms with Gasteiger partial charge in [-0.25, -0.2) is 4.79 Å². The summed E-state index contributed by atoms with van der Waals surface area (Å²) in [4.78, 5) is 25.9. The maximum absolute atomic E-state index is 13.2. The second-order valence-electron chi connectivity index (χ2n) is 6.95. The Kier molecular flexibility index (Phi) is 3.67. The van der Waals surface area contributed by atoms with Gasteiger partial charge in [-0.05, 0) is 17.7 Å². The van der Waals surface area contributed by atoms with E-state index >= 15 is 0 Å². The molecule has 0 unspecified atom stereocenters. The van der Waals surface area contributed by atoms with Crippen molar-refractivity contribution in [1.82, 2.24) is 13.7 Å². The zero-order valence-corrected chi connectivity index (χ0v) is 15.6. The minimum atomic E-state index is -0.485. The van der Waals surface area contributed by atoms with E-state index in [0.29, 0.717) is 29.8 Å².